The van der Waals surface area contributed by atoms with Crippen molar-refractivity contribution in [1.82, 2.24) is 24.4 Å². The third-order valence-corrected chi connectivity index (χ3v) is 4.53. The first kappa shape index (κ1) is 17.3. The van der Waals surface area contributed by atoms with Crippen LogP contribution in [0.1, 0.15) is 19.3 Å². The molecule has 8 nitrogen and oxygen atoms in total. The van der Waals surface area contributed by atoms with E-state index in [0.717, 1.165) is 18.8 Å². The SMILES string of the molecule is CN(C[C@@]1(O)CCCN(c2cnccn2)C1)C(=O)CCn1ccnc1. The molecule has 0 aliphatic carbocycles. The number of nitrogens with zero attached hydrogens (tertiary/aromatic N) is 6. The fourth-order valence-corrected chi connectivity index (χ4v) is 3.26. The smallest absolute Gasteiger partial charge is 0.224 e. The van der Waals surface area contributed by atoms with Gasteiger partial charge in [0.2, 0.25) is 5.91 Å². The third kappa shape index (κ3) is 4.54. The van der Waals surface area contributed by atoms with Crippen LogP contribution in [0.25, 0.3) is 0 Å². The molecule has 2 aromatic heterocycles. The Kier molecular flexibility index (Phi) is 5.28. The Labute approximate surface area is 147 Å². The van der Waals surface area contributed by atoms with E-state index < -0.39 is 5.60 Å². The number of aliphatic hydroxyl groups is 1. The van der Waals surface area contributed by atoms with Crippen molar-refractivity contribution in [1.29, 1.82) is 0 Å². The van der Waals surface area contributed by atoms with Gasteiger partial charge in [0.15, 0.2) is 0 Å². The number of β-amino-alcohol motifs (C(OH)–C–C–N with tert-alkyl or cyclic N) is 1. The zero-order valence-electron chi connectivity index (χ0n) is 14.5. The molecule has 1 aliphatic heterocycles. The number of imidazole rings is 1. The lowest BCUT2D eigenvalue weighted by Gasteiger charge is -2.41. The van der Waals surface area contributed by atoms with Gasteiger partial charge < -0.3 is 19.5 Å². The molecule has 1 N–H and O–H groups in total. The number of hydrogen-bond acceptors (Lipinski definition) is 6. The van der Waals surface area contributed by atoms with Crippen LogP contribution in [0.15, 0.2) is 37.3 Å². The minimum Gasteiger partial charge on any atom is -0.386 e. The van der Waals surface area contributed by atoms with E-state index in [1.165, 1.54) is 0 Å². The van der Waals surface area contributed by atoms with Crippen molar-refractivity contribution in [3.05, 3.63) is 37.3 Å². The third-order valence-electron chi connectivity index (χ3n) is 4.53. The van der Waals surface area contributed by atoms with Gasteiger partial charge in [0, 0.05) is 57.9 Å². The van der Waals surface area contributed by atoms with E-state index in [4.69, 9.17) is 0 Å². The lowest BCUT2D eigenvalue weighted by Crippen LogP contribution is -2.55. The summed E-state index contributed by atoms with van der Waals surface area (Å²) in [7, 11) is 1.75. The summed E-state index contributed by atoms with van der Waals surface area (Å²) in [5, 5.41) is 11.0. The second-order valence-corrected chi connectivity index (χ2v) is 6.61. The molecule has 1 amide bonds. The lowest BCUT2D eigenvalue weighted by molar-refractivity contribution is -0.133. The highest BCUT2D eigenvalue weighted by molar-refractivity contribution is 5.75. The Morgan fingerprint density at radius 3 is 2.96 bits per heavy atom. The fourth-order valence-electron chi connectivity index (χ4n) is 3.26. The van der Waals surface area contributed by atoms with Crippen molar-refractivity contribution in [2.45, 2.75) is 31.4 Å². The topological polar surface area (TPSA) is 87.4 Å². The summed E-state index contributed by atoms with van der Waals surface area (Å²) < 4.78 is 1.87. The van der Waals surface area contributed by atoms with Gasteiger partial charge in [-0.05, 0) is 12.8 Å². The van der Waals surface area contributed by atoms with Crippen molar-refractivity contribution >= 4 is 11.7 Å². The average molecular weight is 344 g/mol. The minimum absolute atomic E-state index is 0.0127. The normalized spacial score (nSPS) is 20.5. The maximum Gasteiger partial charge on any atom is 0.224 e. The molecule has 0 bridgehead atoms. The maximum atomic E-state index is 12.4. The van der Waals surface area contributed by atoms with Crippen molar-refractivity contribution in [3.63, 3.8) is 0 Å². The summed E-state index contributed by atoms with van der Waals surface area (Å²) in [5.74, 6) is 0.772. The van der Waals surface area contributed by atoms with Crippen LogP contribution in [0.5, 0.6) is 0 Å². The predicted octanol–water partition coefficient (Wildman–Crippen LogP) is 0.553. The second kappa shape index (κ2) is 7.60. The summed E-state index contributed by atoms with van der Waals surface area (Å²) in [5.41, 5.74) is -0.935. The molecule has 1 aliphatic rings. The van der Waals surface area contributed by atoms with E-state index in [1.807, 2.05) is 15.7 Å². The molecule has 8 heteroatoms. The molecule has 0 spiro atoms. The molecule has 3 rings (SSSR count). The number of aryl methyl sites for hydroxylation is 1. The number of carbonyl (C=O) groups excluding carboxylic acids is 1. The number of rotatable bonds is 6. The maximum absolute atomic E-state index is 12.4. The van der Waals surface area contributed by atoms with Crippen molar-refractivity contribution in [2.75, 3.05) is 31.6 Å². The fraction of sp³-hybridized carbons (Fsp3) is 0.529. The van der Waals surface area contributed by atoms with E-state index in [9.17, 15) is 9.90 Å². The number of carbonyl (C=O) groups is 1. The number of hydrogen-bond donors (Lipinski definition) is 1. The molecule has 0 saturated carbocycles. The quantitative estimate of drug-likeness (QED) is 0.824. The highest BCUT2D eigenvalue weighted by Gasteiger charge is 2.35. The molecule has 1 fully saturated rings. The van der Waals surface area contributed by atoms with Crippen LogP contribution < -0.4 is 4.90 Å². The molecule has 3 heterocycles. The molecule has 0 unspecified atom stereocenters. The van der Waals surface area contributed by atoms with Crippen LogP contribution in [0, 0.1) is 0 Å². The molecule has 1 atom stereocenters. The Hall–Kier alpha value is -2.48. The van der Waals surface area contributed by atoms with Gasteiger partial charge in [-0.15, -0.1) is 0 Å². The van der Waals surface area contributed by atoms with Gasteiger partial charge in [-0.3, -0.25) is 9.78 Å². The predicted molar refractivity (Wildman–Crippen MR) is 92.9 cm³/mol. The second-order valence-electron chi connectivity index (χ2n) is 6.61. The minimum atomic E-state index is -0.935. The molecule has 0 aromatic carbocycles. The summed E-state index contributed by atoms with van der Waals surface area (Å²) >= 11 is 0. The van der Waals surface area contributed by atoms with Crippen molar-refractivity contribution < 1.29 is 9.90 Å². The number of amides is 1. The van der Waals surface area contributed by atoms with E-state index in [2.05, 4.69) is 15.0 Å². The van der Waals surface area contributed by atoms with E-state index in [0.29, 0.717) is 32.5 Å². The Bertz CT molecular complexity index is 678. The van der Waals surface area contributed by atoms with Gasteiger partial charge in [-0.2, -0.15) is 0 Å². The molecule has 1 saturated heterocycles. The summed E-state index contributed by atoms with van der Waals surface area (Å²) in [6.07, 6.45) is 12.1. The Morgan fingerprint density at radius 1 is 1.36 bits per heavy atom. The van der Waals surface area contributed by atoms with Gasteiger partial charge in [0.05, 0.1) is 24.7 Å². The van der Waals surface area contributed by atoms with Crippen molar-refractivity contribution in [3.8, 4) is 0 Å². The van der Waals surface area contributed by atoms with Crippen LogP contribution in [0.3, 0.4) is 0 Å². The molecule has 0 radical (unpaired) electrons. The molecule has 134 valence electrons. The molecular formula is C17H24N6O2. The first-order chi connectivity index (χ1) is 12.1. The van der Waals surface area contributed by atoms with E-state index in [1.54, 1.807) is 43.1 Å². The van der Waals surface area contributed by atoms with Crippen LogP contribution in [-0.2, 0) is 11.3 Å². The van der Waals surface area contributed by atoms with Gasteiger partial charge in [-0.25, -0.2) is 9.97 Å². The lowest BCUT2D eigenvalue weighted by atomic mass is 9.92. The highest BCUT2D eigenvalue weighted by Crippen LogP contribution is 2.25. The Morgan fingerprint density at radius 2 is 2.24 bits per heavy atom. The molecule has 2 aromatic rings. The van der Waals surface area contributed by atoms with Crippen LogP contribution in [0.2, 0.25) is 0 Å². The van der Waals surface area contributed by atoms with E-state index in [-0.39, 0.29) is 5.91 Å². The van der Waals surface area contributed by atoms with Crippen LogP contribution in [0.4, 0.5) is 5.82 Å². The number of aromatic nitrogens is 4. The summed E-state index contributed by atoms with van der Waals surface area (Å²) in [4.78, 5) is 28.4. The van der Waals surface area contributed by atoms with Crippen LogP contribution >= 0.6 is 0 Å². The highest BCUT2D eigenvalue weighted by atomic mass is 16.3. The van der Waals surface area contributed by atoms with Crippen LogP contribution in [-0.4, -0.2) is 67.7 Å². The number of anilines is 1. The Balaban J connectivity index is 1.55. The van der Waals surface area contributed by atoms with Gasteiger partial charge in [0.1, 0.15) is 5.82 Å². The number of likely N-dealkylation sites (N-methyl/N-ethyl adjacent to an activating group) is 1. The van der Waals surface area contributed by atoms with Gasteiger partial charge >= 0.3 is 0 Å². The largest absolute Gasteiger partial charge is 0.386 e. The molecule has 25 heavy (non-hydrogen) atoms. The monoisotopic (exact) mass is 344 g/mol. The number of piperidine rings is 1. The zero-order valence-corrected chi connectivity index (χ0v) is 14.5. The summed E-state index contributed by atoms with van der Waals surface area (Å²) in [6, 6.07) is 0. The average Bonchev–Trinajstić information content (AvgIpc) is 3.13. The zero-order chi connectivity index (χ0) is 17.7. The standard InChI is InChI=1S/C17H24N6O2/c1-21(16(24)3-9-22-10-7-19-14-22)12-17(25)4-2-8-23(13-17)15-11-18-5-6-20-15/h5-7,10-11,14,25H,2-4,8-9,12-13H2,1H3/t17-/m0/s1. The first-order valence-corrected chi connectivity index (χ1v) is 8.49. The van der Waals surface area contributed by atoms with E-state index >= 15 is 0 Å². The van der Waals surface area contributed by atoms with Gasteiger partial charge in [0.25, 0.3) is 0 Å². The molecular weight excluding hydrogens is 320 g/mol. The summed E-state index contributed by atoms with van der Waals surface area (Å²) in [6.45, 7) is 2.18. The van der Waals surface area contributed by atoms with Crippen molar-refractivity contribution in [2.24, 2.45) is 0 Å². The first-order valence-electron chi connectivity index (χ1n) is 8.49. The van der Waals surface area contributed by atoms with Gasteiger partial charge in [-0.1, -0.05) is 0 Å².